The van der Waals surface area contributed by atoms with Crippen LogP contribution >= 0.6 is 0 Å². The van der Waals surface area contributed by atoms with Gasteiger partial charge in [0.1, 0.15) is 0 Å². The standard InChI is InChI=1S/C6H10N4O/c1-8-6(7)10-3-2-5(11)9-4-10/h2-3H,4H2,1H3,(H2,7,8)(H,9,11). The minimum Gasteiger partial charge on any atom is -0.369 e. The van der Waals surface area contributed by atoms with Gasteiger partial charge in [-0.15, -0.1) is 0 Å². The van der Waals surface area contributed by atoms with Crippen molar-refractivity contribution in [1.29, 1.82) is 0 Å². The summed E-state index contributed by atoms with van der Waals surface area (Å²) in [5.41, 5.74) is 5.47. The SMILES string of the molecule is CN=C(N)N1C=CC(=O)NC1. The van der Waals surface area contributed by atoms with Gasteiger partial charge in [0.25, 0.3) is 0 Å². The van der Waals surface area contributed by atoms with Crippen LogP contribution in [0.5, 0.6) is 0 Å². The molecule has 1 aliphatic heterocycles. The Morgan fingerprint density at radius 3 is 3.09 bits per heavy atom. The number of amides is 1. The molecule has 1 aliphatic rings. The van der Waals surface area contributed by atoms with Crippen molar-refractivity contribution < 1.29 is 4.79 Å². The summed E-state index contributed by atoms with van der Waals surface area (Å²) in [6.45, 7) is 0.387. The molecule has 5 nitrogen and oxygen atoms in total. The number of hydrogen-bond acceptors (Lipinski definition) is 2. The Labute approximate surface area is 64.6 Å². The van der Waals surface area contributed by atoms with Crippen LogP contribution in [0, 0.1) is 0 Å². The predicted molar refractivity (Wildman–Crippen MR) is 41.5 cm³/mol. The fourth-order valence-electron chi connectivity index (χ4n) is 0.718. The Kier molecular flexibility index (Phi) is 2.10. The molecule has 3 N–H and O–H groups in total. The van der Waals surface area contributed by atoms with Crippen LogP contribution in [-0.2, 0) is 4.79 Å². The van der Waals surface area contributed by atoms with Crippen molar-refractivity contribution in [2.45, 2.75) is 0 Å². The molecular weight excluding hydrogens is 144 g/mol. The molecule has 1 amide bonds. The molecule has 11 heavy (non-hydrogen) atoms. The van der Waals surface area contributed by atoms with E-state index in [9.17, 15) is 4.79 Å². The molecule has 0 saturated carbocycles. The smallest absolute Gasteiger partial charge is 0.246 e. The number of carbonyl (C=O) groups is 1. The van der Waals surface area contributed by atoms with Crippen molar-refractivity contribution in [3.63, 3.8) is 0 Å². The lowest BCUT2D eigenvalue weighted by molar-refractivity contribution is -0.117. The highest BCUT2D eigenvalue weighted by Crippen LogP contribution is 1.92. The average Bonchev–Trinajstić information content (AvgIpc) is 2.05. The molecule has 0 aromatic rings. The summed E-state index contributed by atoms with van der Waals surface area (Å²) in [6, 6.07) is 0. The predicted octanol–water partition coefficient (Wildman–Crippen LogP) is -1.17. The second-order valence-electron chi connectivity index (χ2n) is 2.07. The van der Waals surface area contributed by atoms with E-state index >= 15 is 0 Å². The first kappa shape index (κ1) is 7.59. The van der Waals surface area contributed by atoms with E-state index in [1.165, 1.54) is 6.08 Å². The highest BCUT2D eigenvalue weighted by molar-refractivity contribution is 5.90. The second kappa shape index (κ2) is 3.05. The molecule has 0 atom stereocenters. The van der Waals surface area contributed by atoms with E-state index in [4.69, 9.17) is 5.73 Å². The molecule has 0 bridgehead atoms. The Hall–Kier alpha value is -1.52. The molecule has 0 radical (unpaired) electrons. The van der Waals surface area contributed by atoms with Gasteiger partial charge in [0.05, 0.1) is 6.67 Å². The molecule has 0 aromatic heterocycles. The van der Waals surface area contributed by atoms with E-state index in [1.807, 2.05) is 0 Å². The van der Waals surface area contributed by atoms with Crippen molar-refractivity contribution in [2.75, 3.05) is 13.7 Å². The van der Waals surface area contributed by atoms with Crippen molar-refractivity contribution >= 4 is 11.9 Å². The van der Waals surface area contributed by atoms with Gasteiger partial charge in [-0.1, -0.05) is 0 Å². The van der Waals surface area contributed by atoms with Crippen LogP contribution in [0.15, 0.2) is 17.3 Å². The summed E-state index contributed by atoms with van der Waals surface area (Å²) in [5.74, 6) is 0.284. The van der Waals surface area contributed by atoms with E-state index < -0.39 is 0 Å². The van der Waals surface area contributed by atoms with Gasteiger partial charge >= 0.3 is 0 Å². The van der Waals surface area contributed by atoms with E-state index in [0.29, 0.717) is 12.6 Å². The van der Waals surface area contributed by atoms with E-state index in [1.54, 1.807) is 18.1 Å². The Balaban J connectivity index is 2.64. The van der Waals surface area contributed by atoms with Crippen LogP contribution in [0.4, 0.5) is 0 Å². The molecule has 0 saturated heterocycles. The van der Waals surface area contributed by atoms with Crippen LogP contribution in [0.25, 0.3) is 0 Å². The monoisotopic (exact) mass is 154 g/mol. The Bertz CT molecular complexity index is 221. The highest BCUT2D eigenvalue weighted by atomic mass is 16.1. The van der Waals surface area contributed by atoms with Gasteiger partial charge in [-0.25, -0.2) is 0 Å². The zero-order chi connectivity index (χ0) is 8.27. The molecular formula is C6H10N4O. The number of aliphatic imine (C=N–C) groups is 1. The van der Waals surface area contributed by atoms with Crippen LogP contribution < -0.4 is 11.1 Å². The molecule has 0 aliphatic carbocycles. The number of guanidine groups is 1. The minimum absolute atomic E-state index is 0.106. The van der Waals surface area contributed by atoms with Crippen LogP contribution in [0.2, 0.25) is 0 Å². The quantitative estimate of drug-likeness (QED) is 0.341. The van der Waals surface area contributed by atoms with E-state index in [-0.39, 0.29) is 5.91 Å². The Morgan fingerprint density at radius 2 is 2.64 bits per heavy atom. The lowest BCUT2D eigenvalue weighted by atomic mass is 10.5. The maximum atomic E-state index is 10.6. The Morgan fingerprint density at radius 1 is 1.91 bits per heavy atom. The third-order valence-electron chi connectivity index (χ3n) is 1.35. The van der Waals surface area contributed by atoms with Crippen molar-refractivity contribution in [1.82, 2.24) is 10.2 Å². The third-order valence-corrected chi connectivity index (χ3v) is 1.35. The van der Waals surface area contributed by atoms with Gasteiger partial charge in [0.2, 0.25) is 5.91 Å². The summed E-state index contributed by atoms with van der Waals surface area (Å²) in [7, 11) is 1.60. The molecule has 60 valence electrons. The lowest BCUT2D eigenvalue weighted by Crippen LogP contribution is -2.44. The highest BCUT2D eigenvalue weighted by Gasteiger charge is 2.09. The molecule has 5 heteroatoms. The number of carbonyl (C=O) groups excluding carboxylic acids is 1. The third kappa shape index (κ3) is 1.70. The maximum Gasteiger partial charge on any atom is 0.246 e. The lowest BCUT2D eigenvalue weighted by Gasteiger charge is -2.21. The van der Waals surface area contributed by atoms with Gasteiger partial charge in [0, 0.05) is 19.3 Å². The molecule has 0 fully saturated rings. The maximum absolute atomic E-state index is 10.6. The summed E-state index contributed by atoms with van der Waals surface area (Å²) in [4.78, 5) is 16.0. The summed E-state index contributed by atoms with van der Waals surface area (Å²) >= 11 is 0. The van der Waals surface area contributed by atoms with Crippen LogP contribution in [0.1, 0.15) is 0 Å². The number of hydrogen-bond donors (Lipinski definition) is 2. The van der Waals surface area contributed by atoms with Crippen LogP contribution in [-0.4, -0.2) is 30.5 Å². The summed E-state index contributed by atoms with van der Waals surface area (Å²) in [5, 5.41) is 2.59. The zero-order valence-corrected chi connectivity index (χ0v) is 6.24. The molecule has 0 unspecified atom stereocenters. The molecule has 1 heterocycles. The molecule has 0 spiro atoms. The fourth-order valence-corrected chi connectivity index (χ4v) is 0.718. The first-order valence-electron chi connectivity index (χ1n) is 3.19. The van der Waals surface area contributed by atoms with Gasteiger partial charge in [-0.05, 0) is 0 Å². The zero-order valence-electron chi connectivity index (χ0n) is 6.24. The number of nitrogens with zero attached hydrogens (tertiary/aromatic N) is 2. The minimum atomic E-state index is -0.106. The molecule has 1 rings (SSSR count). The topological polar surface area (TPSA) is 70.7 Å². The second-order valence-corrected chi connectivity index (χ2v) is 2.07. The van der Waals surface area contributed by atoms with Gasteiger partial charge in [-0.3, -0.25) is 9.79 Å². The number of rotatable bonds is 0. The van der Waals surface area contributed by atoms with Gasteiger partial charge in [-0.2, -0.15) is 0 Å². The fraction of sp³-hybridized carbons (Fsp3) is 0.333. The van der Waals surface area contributed by atoms with Gasteiger partial charge < -0.3 is 16.0 Å². The number of nitrogens with two attached hydrogens (primary N) is 1. The van der Waals surface area contributed by atoms with E-state index in [2.05, 4.69) is 10.3 Å². The molecule has 0 aromatic carbocycles. The summed E-state index contributed by atoms with van der Waals surface area (Å²) < 4.78 is 0. The number of nitrogens with one attached hydrogen (secondary N) is 1. The van der Waals surface area contributed by atoms with Crippen molar-refractivity contribution in [3.8, 4) is 0 Å². The normalized spacial score (nSPS) is 18.5. The summed E-state index contributed by atoms with van der Waals surface area (Å²) in [6.07, 6.45) is 3.00. The average molecular weight is 154 g/mol. The van der Waals surface area contributed by atoms with Crippen molar-refractivity contribution in [2.24, 2.45) is 10.7 Å². The largest absolute Gasteiger partial charge is 0.369 e. The van der Waals surface area contributed by atoms with Crippen LogP contribution in [0.3, 0.4) is 0 Å². The van der Waals surface area contributed by atoms with E-state index in [0.717, 1.165) is 0 Å². The first-order chi connectivity index (χ1) is 5.24. The van der Waals surface area contributed by atoms with Crippen molar-refractivity contribution in [3.05, 3.63) is 12.3 Å². The van der Waals surface area contributed by atoms with Gasteiger partial charge in [0.15, 0.2) is 5.96 Å². The first-order valence-corrected chi connectivity index (χ1v) is 3.19.